The molecule has 1 spiro atoms. The average Bonchev–Trinajstić information content (AvgIpc) is 1.78. The molecule has 0 N–H and O–H groups in total. The molecular formula is C8H15NO. The van der Waals surface area contributed by atoms with Crippen molar-refractivity contribution in [2.45, 2.75) is 19.4 Å². The maximum absolute atomic E-state index is 5.60. The highest BCUT2D eigenvalue weighted by atomic mass is 16.5. The van der Waals surface area contributed by atoms with Gasteiger partial charge in [-0.3, -0.25) is 0 Å². The van der Waals surface area contributed by atoms with Gasteiger partial charge in [0.15, 0.2) is 0 Å². The van der Waals surface area contributed by atoms with Gasteiger partial charge in [0, 0.05) is 18.5 Å². The van der Waals surface area contributed by atoms with E-state index in [9.17, 15) is 0 Å². The lowest BCUT2D eigenvalue weighted by molar-refractivity contribution is -0.303. The van der Waals surface area contributed by atoms with Gasteiger partial charge in [-0.25, -0.2) is 0 Å². The topological polar surface area (TPSA) is 12.5 Å². The molecule has 0 radical (unpaired) electrons. The Hall–Kier alpha value is -0.0800. The number of likely N-dealkylation sites (tertiary alicyclic amines) is 1. The molecule has 0 aromatic heterocycles. The summed E-state index contributed by atoms with van der Waals surface area (Å²) in [7, 11) is 2.14. The normalized spacial score (nSPS) is 35.1. The van der Waals surface area contributed by atoms with E-state index in [4.69, 9.17) is 4.74 Å². The molecular weight excluding hydrogens is 126 g/mol. The van der Waals surface area contributed by atoms with Crippen LogP contribution in [0.25, 0.3) is 0 Å². The molecule has 2 heteroatoms. The largest absolute Gasteiger partial charge is 0.371 e. The summed E-state index contributed by atoms with van der Waals surface area (Å²) in [5, 5.41) is 0. The average molecular weight is 141 g/mol. The third-order valence-electron chi connectivity index (χ3n) is 2.99. The molecule has 2 saturated heterocycles. The molecule has 2 nitrogen and oxygen atoms in total. The second-order valence-electron chi connectivity index (χ2n) is 4.34. The van der Waals surface area contributed by atoms with E-state index < -0.39 is 0 Å². The Kier molecular flexibility index (Phi) is 1.03. The summed E-state index contributed by atoms with van der Waals surface area (Å²) in [6.07, 6.45) is 0. The van der Waals surface area contributed by atoms with Crippen LogP contribution in [0, 0.1) is 5.41 Å². The predicted octanol–water partition coefficient (Wildman–Crippen LogP) is 0.727. The monoisotopic (exact) mass is 141 g/mol. The number of rotatable bonds is 0. The van der Waals surface area contributed by atoms with Gasteiger partial charge in [0.05, 0.1) is 6.61 Å². The van der Waals surface area contributed by atoms with E-state index in [0.29, 0.717) is 5.41 Å². The first-order valence-corrected chi connectivity index (χ1v) is 3.88. The first-order chi connectivity index (χ1) is 4.56. The van der Waals surface area contributed by atoms with Crippen LogP contribution in [0.3, 0.4) is 0 Å². The van der Waals surface area contributed by atoms with Crippen molar-refractivity contribution in [1.82, 2.24) is 4.90 Å². The standard InChI is InChI=1S/C8H15NO/c1-7(2)6-10-8(7)4-9(3)5-8/h4-6H2,1-3H3. The van der Waals surface area contributed by atoms with Crippen LogP contribution in [0.15, 0.2) is 0 Å². The Morgan fingerprint density at radius 2 is 1.90 bits per heavy atom. The highest BCUT2D eigenvalue weighted by molar-refractivity contribution is 5.11. The van der Waals surface area contributed by atoms with Gasteiger partial charge in [0.2, 0.25) is 0 Å². The summed E-state index contributed by atoms with van der Waals surface area (Å²) in [5.74, 6) is 0. The molecule has 2 fully saturated rings. The first-order valence-electron chi connectivity index (χ1n) is 3.88. The van der Waals surface area contributed by atoms with Crippen molar-refractivity contribution < 1.29 is 4.74 Å². The third kappa shape index (κ3) is 0.565. The van der Waals surface area contributed by atoms with Gasteiger partial charge < -0.3 is 9.64 Å². The van der Waals surface area contributed by atoms with Crippen molar-refractivity contribution in [3.8, 4) is 0 Å². The van der Waals surface area contributed by atoms with Gasteiger partial charge in [-0.05, 0) is 7.05 Å². The van der Waals surface area contributed by atoms with E-state index in [1.807, 2.05) is 0 Å². The van der Waals surface area contributed by atoms with Crippen molar-refractivity contribution in [3.05, 3.63) is 0 Å². The van der Waals surface area contributed by atoms with Gasteiger partial charge in [-0.15, -0.1) is 0 Å². The van der Waals surface area contributed by atoms with Crippen molar-refractivity contribution in [3.63, 3.8) is 0 Å². The molecule has 0 unspecified atom stereocenters. The summed E-state index contributed by atoms with van der Waals surface area (Å²) < 4.78 is 5.60. The van der Waals surface area contributed by atoms with Crippen LogP contribution in [0.4, 0.5) is 0 Å². The number of nitrogens with zero attached hydrogens (tertiary/aromatic N) is 1. The van der Waals surface area contributed by atoms with Crippen molar-refractivity contribution in [2.75, 3.05) is 26.7 Å². The lowest BCUT2D eigenvalue weighted by Crippen LogP contribution is -2.76. The Morgan fingerprint density at radius 3 is 2.00 bits per heavy atom. The van der Waals surface area contributed by atoms with Crippen molar-refractivity contribution in [1.29, 1.82) is 0 Å². The Labute approximate surface area is 62.2 Å². The fourth-order valence-corrected chi connectivity index (χ4v) is 1.91. The van der Waals surface area contributed by atoms with Crippen LogP contribution in [-0.4, -0.2) is 37.2 Å². The zero-order chi connectivity index (χ0) is 7.41. The smallest absolute Gasteiger partial charge is 0.101 e. The van der Waals surface area contributed by atoms with Crippen LogP contribution < -0.4 is 0 Å². The van der Waals surface area contributed by atoms with Gasteiger partial charge in [0.25, 0.3) is 0 Å². The molecule has 0 bridgehead atoms. The van der Waals surface area contributed by atoms with E-state index in [0.717, 1.165) is 19.7 Å². The van der Waals surface area contributed by atoms with E-state index in [-0.39, 0.29) is 5.60 Å². The summed E-state index contributed by atoms with van der Waals surface area (Å²) in [5.41, 5.74) is 0.668. The zero-order valence-electron chi connectivity index (χ0n) is 6.98. The van der Waals surface area contributed by atoms with E-state index in [2.05, 4.69) is 25.8 Å². The minimum Gasteiger partial charge on any atom is -0.371 e. The number of hydrogen-bond acceptors (Lipinski definition) is 2. The van der Waals surface area contributed by atoms with Crippen molar-refractivity contribution in [2.24, 2.45) is 5.41 Å². The molecule has 58 valence electrons. The Bertz CT molecular complexity index is 159. The molecule has 0 aromatic carbocycles. The number of likely N-dealkylation sites (N-methyl/N-ethyl adjacent to an activating group) is 1. The summed E-state index contributed by atoms with van der Waals surface area (Å²) in [6, 6.07) is 0. The highest BCUT2D eigenvalue weighted by Gasteiger charge is 2.60. The molecule has 0 aromatic rings. The third-order valence-corrected chi connectivity index (χ3v) is 2.99. The fraction of sp³-hybridized carbons (Fsp3) is 1.00. The van der Waals surface area contributed by atoms with Gasteiger partial charge in [-0.2, -0.15) is 0 Å². The second kappa shape index (κ2) is 1.56. The van der Waals surface area contributed by atoms with Crippen molar-refractivity contribution >= 4 is 0 Å². The van der Waals surface area contributed by atoms with Crippen LogP contribution in [0.1, 0.15) is 13.8 Å². The zero-order valence-corrected chi connectivity index (χ0v) is 6.98. The molecule has 0 saturated carbocycles. The molecule has 2 aliphatic rings. The molecule has 2 aliphatic heterocycles. The Morgan fingerprint density at radius 1 is 1.30 bits per heavy atom. The maximum Gasteiger partial charge on any atom is 0.101 e. The quantitative estimate of drug-likeness (QED) is 0.493. The van der Waals surface area contributed by atoms with Gasteiger partial charge in [0.1, 0.15) is 5.60 Å². The molecule has 10 heavy (non-hydrogen) atoms. The van der Waals surface area contributed by atoms with E-state index in [1.54, 1.807) is 0 Å². The molecule has 2 rings (SSSR count). The summed E-state index contributed by atoms with van der Waals surface area (Å²) in [4.78, 5) is 2.31. The van der Waals surface area contributed by atoms with E-state index >= 15 is 0 Å². The number of ether oxygens (including phenoxy) is 1. The Balaban J connectivity index is 2.07. The second-order valence-corrected chi connectivity index (χ2v) is 4.34. The predicted molar refractivity (Wildman–Crippen MR) is 40.0 cm³/mol. The fourth-order valence-electron chi connectivity index (χ4n) is 1.91. The maximum atomic E-state index is 5.60. The SMILES string of the molecule is CN1CC2(C1)OCC2(C)C. The number of hydrogen-bond donors (Lipinski definition) is 0. The van der Waals surface area contributed by atoms with Crippen LogP contribution >= 0.6 is 0 Å². The molecule has 0 aliphatic carbocycles. The highest BCUT2D eigenvalue weighted by Crippen LogP contribution is 2.49. The van der Waals surface area contributed by atoms with E-state index in [1.165, 1.54) is 0 Å². The van der Waals surface area contributed by atoms with Gasteiger partial charge >= 0.3 is 0 Å². The first kappa shape index (κ1) is 6.62. The van der Waals surface area contributed by atoms with Gasteiger partial charge in [-0.1, -0.05) is 13.8 Å². The molecule has 2 heterocycles. The minimum absolute atomic E-state index is 0.238. The van der Waals surface area contributed by atoms with Crippen LogP contribution in [0.2, 0.25) is 0 Å². The lowest BCUT2D eigenvalue weighted by atomic mass is 9.66. The van der Waals surface area contributed by atoms with Crippen LogP contribution in [0.5, 0.6) is 0 Å². The van der Waals surface area contributed by atoms with Crippen LogP contribution in [-0.2, 0) is 4.74 Å². The molecule has 0 amide bonds. The lowest BCUT2D eigenvalue weighted by Gasteiger charge is -2.64. The minimum atomic E-state index is 0.238. The molecule has 0 atom stereocenters. The summed E-state index contributed by atoms with van der Waals surface area (Å²) in [6.45, 7) is 7.79. The summed E-state index contributed by atoms with van der Waals surface area (Å²) >= 11 is 0.